The van der Waals surface area contributed by atoms with E-state index in [0.29, 0.717) is 5.75 Å². The Morgan fingerprint density at radius 2 is 1.88 bits per heavy atom. The van der Waals surface area contributed by atoms with E-state index in [1.165, 1.54) is 7.11 Å². The van der Waals surface area contributed by atoms with E-state index < -0.39 is 17.4 Å². The highest BCUT2D eigenvalue weighted by atomic mass is 16.5. The van der Waals surface area contributed by atoms with Crippen LogP contribution in [0.5, 0.6) is 5.75 Å². The summed E-state index contributed by atoms with van der Waals surface area (Å²) in [6, 6.07) is 13.4. The second-order valence-corrected chi connectivity index (χ2v) is 5.91. The number of benzene rings is 2. The highest BCUT2D eigenvalue weighted by Crippen LogP contribution is 2.20. The average molecular weight is 331 g/mol. The van der Waals surface area contributed by atoms with Crippen LogP contribution < -0.4 is 10.1 Å². The predicted molar refractivity (Wildman–Crippen MR) is 90.1 cm³/mol. The summed E-state index contributed by atoms with van der Waals surface area (Å²) in [7, 11) is 1.46. The number of carbonyl (C=O) groups is 2. The first kappa shape index (κ1) is 17.7. The zero-order valence-corrected chi connectivity index (χ0v) is 13.7. The molecule has 2 rings (SSSR count). The second-order valence-electron chi connectivity index (χ2n) is 5.91. The van der Waals surface area contributed by atoms with Crippen LogP contribution in [0.25, 0.3) is 10.8 Å². The Labute approximate surface area is 140 Å². The van der Waals surface area contributed by atoms with Crippen LogP contribution >= 0.6 is 0 Å². The van der Waals surface area contributed by atoms with Crippen molar-refractivity contribution in [3.63, 3.8) is 0 Å². The Hall–Kier alpha value is -2.60. The standard InChI is InChI=1S/C18H21NO5/c1-18(12-23-2,10-17(21)22)19-16(20)11-24-15-8-7-13-5-3-4-6-14(13)9-15/h3-9H,10-12H2,1-2H3,(H,19,20)(H,21,22). The molecule has 1 atom stereocenters. The fourth-order valence-corrected chi connectivity index (χ4v) is 2.56. The molecular formula is C18H21NO5. The van der Waals surface area contributed by atoms with Gasteiger partial charge in [-0.1, -0.05) is 30.3 Å². The normalized spacial score (nSPS) is 13.2. The van der Waals surface area contributed by atoms with Gasteiger partial charge in [0, 0.05) is 7.11 Å². The smallest absolute Gasteiger partial charge is 0.305 e. The summed E-state index contributed by atoms with van der Waals surface area (Å²) < 4.78 is 10.5. The third-order valence-electron chi connectivity index (χ3n) is 3.54. The molecule has 0 aliphatic heterocycles. The fraction of sp³-hybridized carbons (Fsp3) is 0.333. The first-order chi connectivity index (χ1) is 11.4. The van der Waals surface area contributed by atoms with Crippen molar-refractivity contribution in [2.45, 2.75) is 18.9 Å². The Balaban J connectivity index is 1.96. The number of rotatable bonds is 8. The minimum atomic E-state index is -1.01. The molecule has 0 spiro atoms. The number of nitrogens with one attached hydrogen (secondary N) is 1. The molecule has 0 aliphatic rings. The molecule has 2 aromatic carbocycles. The molecule has 0 heterocycles. The van der Waals surface area contributed by atoms with Gasteiger partial charge >= 0.3 is 5.97 Å². The van der Waals surface area contributed by atoms with Crippen LogP contribution in [-0.2, 0) is 14.3 Å². The molecule has 2 N–H and O–H groups in total. The number of ether oxygens (including phenoxy) is 2. The highest BCUT2D eigenvalue weighted by Gasteiger charge is 2.29. The van der Waals surface area contributed by atoms with E-state index in [4.69, 9.17) is 14.6 Å². The quantitative estimate of drug-likeness (QED) is 0.775. The zero-order chi connectivity index (χ0) is 17.6. The van der Waals surface area contributed by atoms with Crippen LogP contribution in [0.2, 0.25) is 0 Å². The zero-order valence-electron chi connectivity index (χ0n) is 13.7. The van der Waals surface area contributed by atoms with Gasteiger partial charge in [-0.25, -0.2) is 0 Å². The van der Waals surface area contributed by atoms with Gasteiger partial charge in [0.15, 0.2) is 6.61 Å². The predicted octanol–water partition coefficient (Wildman–Crippen LogP) is 2.21. The van der Waals surface area contributed by atoms with Gasteiger partial charge in [0.25, 0.3) is 5.91 Å². The molecule has 0 radical (unpaired) electrons. The summed E-state index contributed by atoms with van der Waals surface area (Å²) in [5, 5.41) is 13.7. The maximum atomic E-state index is 12.1. The van der Waals surface area contributed by atoms with Crippen LogP contribution in [-0.4, -0.2) is 42.8 Å². The molecule has 24 heavy (non-hydrogen) atoms. The lowest BCUT2D eigenvalue weighted by Gasteiger charge is -2.28. The number of hydrogen-bond donors (Lipinski definition) is 2. The number of fused-ring (bicyclic) bond motifs is 1. The van der Waals surface area contributed by atoms with Crippen molar-refractivity contribution in [2.75, 3.05) is 20.3 Å². The van der Waals surface area contributed by atoms with Gasteiger partial charge < -0.3 is 19.9 Å². The lowest BCUT2D eigenvalue weighted by molar-refractivity contribution is -0.139. The molecular weight excluding hydrogens is 310 g/mol. The minimum absolute atomic E-state index is 0.0982. The van der Waals surface area contributed by atoms with E-state index in [1.807, 2.05) is 36.4 Å². The van der Waals surface area contributed by atoms with Crippen LogP contribution in [0.4, 0.5) is 0 Å². The summed E-state index contributed by atoms with van der Waals surface area (Å²) in [4.78, 5) is 23.0. The summed E-state index contributed by atoms with van der Waals surface area (Å²) in [5.41, 5.74) is -0.982. The molecule has 6 heteroatoms. The Morgan fingerprint density at radius 3 is 2.54 bits per heavy atom. The lowest BCUT2D eigenvalue weighted by Crippen LogP contribution is -2.52. The van der Waals surface area contributed by atoms with Crippen molar-refractivity contribution in [3.05, 3.63) is 42.5 Å². The summed E-state index contributed by atoms with van der Waals surface area (Å²) in [6.45, 7) is 1.52. The summed E-state index contributed by atoms with van der Waals surface area (Å²) >= 11 is 0. The molecule has 2 aromatic rings. The molecule has 0 bridgehead atoms. The van der Waals surface area contributed by atoms with Crippen molar-refractivity contribution in [1.29, 1.82) is 0 Å². The monoisotopic (exact) mass is 331 g/mol. The number of aliphatic carboxylic acids is 1. The SMILES string of the molecule is COCC(C)(CC(=O)O)NC(=O)COc1ccc2ccccc2c1. The first-order valence-electron chi connectivity index (χ1n) is 7.55. The van der Waals surface area contributed by atoms with E-state index in [2.05, 4.69) is 5.32 Å². The van der Waals surface area contributed by atoms with E-state index in [9.17, 15) is 9.59 Å². The molecule has 6 nitrogen and oxygen atoms in total. The average Bonchev–Trinajstić information content (AvgIpc) is 2.52. The number of hydrogen-bond acceptors (Lipinski definition) is 4. The molecule has 0 saturated carbocycles. The van der Waals surface area contributed by atoms with Crippen molar-refractivity contribution < 1.29 is 24.2 Å². The Kier molecular flexibility index (Phi) is 5.76. The topological polar surface area (TPSA) is 84.9 Å². The summed E-state index contributed by atoms with van der Waals surface area (Å²) in [6.07, 6.45) is -0.234. The van der Waals surface area contributed by atoms with Gasteiger partial charge in [-0.2, -0.15) is 0 Å². The van der Waals surface area contributed by atoms with Crippen molar-refractivity contribution in [2.24, 2.45) is 0 Å². The largest absolute Gasteiger partial charge is 0.484 e. The second kappa shape index (κ2) is 7.79. The number of carboxylic acids is 1. The van der Waals surface area contributed by atoms with Crippen LogP contribution in [0.15, 0.2) is 42.5 Å². The fourth-order valence-electron chi connectivity index (χ4n) is 2.56. The van der Waals surface area contributed by atoms with Crippen molar-refractivity contribution in [1.82, 2.24) is 5.32 Å². The number of carboxylic acid groups (broad SMARTS) is 1. The number of methoxy groups -OCH3 is 1. The van der Waals surface area contributed by atoms with Gasteiger partial charge in [-0.05, 0) is 29.8 Å². The van der Waals surface area contributed by atoms with E-state index in [-0.39, 0.29) is 19.6 Å². The maximum Gasteiger partial charge on any atom is 0.305 e. The van der Waals surface area contributed by atoms with E-state index >= 15 is 0 Å². The van der Waals surface area contributed by atoms with Gasteiger partial charge in [0.1, 0.15) is 5.75 Å². The molecule has 1 amide bonds. The highest BCUT2D eigenvalue weighted by molar-refractivity contribution is 5.84. The molecule has 128 valence electrons. The van der Waals surface area contributed by atoms with Crippen LogP contribution in [0.1, 0.15) is 13.3 Å². The minimum Gasteiger partial charge on any atom is -0.484 e. The van der Waals surface area contributed by atoms with Crippen molar-refractivity contribution >= 4 is 22.6 Å². The molecule has 0 aromatic heterocycles. The van der Waals surface area contributed by atoms with Crippen LogP contribution in [0.3, 0.4) is 0 Å². The van der Waals surface area contributed by atoms with Gasteiger partial charge in [-0.15, -0.1) is 0 Å². The third-order valence-corrected chi connectivity index (χ3v) is 3.54. The molecule has 1 unspecified atom stereocenters. The van der Waals surface area contributed by atoms with E-state index in [1.54, 1.807) is 13.0 Å². The number of amides is 1. The van der Waals surface area contributed by atoms with Gasteiger partial charge in [0.05, 0.1) is 18.6 Å². The maximum absolute atomic E-state index is 12.1. The molecule has 0 aliphatic carbocycles. The van der Waals surface area contributed by atoms with Crippen LogP contribution in [0, 0.1) is 0 Å². The lowest BCUT2D eigenvalue weighted by atomic mass is 9.99. The molecule has 0 fully saturated rings. The number of carbonyl (C=O) groups excluding carboxylic acids is 1. The van der Waals surface area contributed by atoms with Crippen molar-refractivity contribution in [3.8, 4) is 5.75 Å². The Morgan fingerprint density at radius 1 is 1.17 bits per heavy atom. The van der Waals surface area contributed by atoms with E-state index in [0.717, 1.165) is 10.8 Å². The third kappa shape index (κ3) is 4.96. The van der Waals surface area contributed by atoms with Gasteiger partial charge in [0.2, 0.25) is 0 Å². The summed E-state index contributed by atoms with van der Waals surface area (Å²) in [5.74, 6) is -0.829. The first-order valence-corrected chi connectivity index (χ1v) is 7.55. The Bertz CT molecular complexity index is 730. The van der Waals surface area contributed by atoms with Gasteiger partial charge in [-0.3, -0.25) is 9.59 Å². The molecule has 0 saturated heterocycles.